The summed E-state index contributed by atoms with van der Waals surface area (Å²) in [5.41, 5.74) is 0.888. The van der Waals surface area contributed by atoms with Crippen molar-refractivity contribution in [2.24, 2.45) is 0 Å². The Balaban J connectivity index is 1.66. The molecule has 0 radical (unpaired) electrons. The van der Waals surface area contributed by atoms with Crippen LogP contribution in [-0.2, 0) is 0 Å². The maximum atomic E-state index is 10.7. The highest BCUT2D eigenvalue weighted by Crippen LogP contribution is 2.42. The van der Waals surface area contributed by atoms with Crippen LogP contribution in [0.25, 0.3) is 11.4 Å². The number of nitro groups is 1. The van der Waals surface area contributed by atoms with Gasteiger partial charge < -0.3 is 0 Å². The first kappa shape index (κ1) is 14.8. The predicted octanol–water partition coefficient (Wildman–Crippen LogP) is 3.13. The van der Waals surface area contributed by atoms with E-state index in [1.807, 2.05) is 12.1 Å². The molecule has 3 aromatic rings. The molecule has 0 aliphatic heterocycles. The summed E-state index contributed by atoms with van der Waals surface area (Å²) in [7, 11) is 0. The van der Waals surface area contributed by atoms with E-state index in [9.17, 15) is 10.1 Å². The molecule has 0 spiro atoms. The summed E-state index contributed by atoms with van der Waals surface area (Å²) in [6.07, 6.45) is 6.92. The average molecular weight is 340 g/mol. The minimum absolute atomic E-state index is 0.0286. The van der Waals surface area contributed by atoms with Gasteiger partial charge in [0, 0.05) is 30.1 Å². The van der Waals surface area contributed by atoms with E-state index in [0.717, 1.165) is 29.4 Å². The molecule has 0 aromatic carbocycles. The van der Waals surface area contributed by atoms with Gasteiger partial charge in [-0.2, -0.15) is 0 Å². The van der Waals surface area contributed by atoms with Crippen LogP contribution in [-0.4, -0.2) is 29.7 Å². The third kappa shape index (κ3) is 2.85. The van der Waals surface area contributed by atoms with Crippen molar-refractivity contribution in [1.82, 2.24) is 24.7 Å². The first-order chi connectivity index (χ1) is 11.7. The van der Waals surface area contributed by atoms with Crippen molar-refractivity contribution in [3.05, 3.63) is 53.0 Å². The van der Waals surface area contributed by atoms with E-state index < -0.39 is 4.92 Å². The van der Waals surface area contributed by atoms with E-state index in [0.29, 0.717) is 11.1 Å². The van der Waals surface area contributed by atoms with E-state index in [1.54, 1.807) is 18.5 Å². The van der Waals surface area contributed by atoms with Crippen molar-refractivity contribution >= 4 is 17.4 Å². The lowest BCUT2D eigenvalue weighted by atomic mass is 10.3. The second kappa shape index (κ2) is 6.00. The van der Waals surface area contributed by atoms with Crippen molar-refractivity contribution in [3.8, 4) is 11.4 Å². The van der Waals surface area contributed by atoms with Crippen LogP contribution in [0.1, 0.15) is 18.9 Å². The zero-order chi connectivity index (χ0) is 16.5. The second-order valence-corrected chi connectivity index (χ2v) is 6.35. The largest absolute Gasteiger partial charge is 0.299 e. The Kier molecular flexibility index (Phi) is 3.69. The molecule has 1 fully saturated rings. The SMILES string of the molecule is O=[N+]([O-])c1ccc(Sc2nnc(-c3cccnc3)n2C2CC2)nc1. The van der Waals surface area contributed by atoms with Gasteiger partial charge in [-0.3, -0.25) is 19.7 Å². The minimum atomic E-state index is -0.464. The summed E-state index contributed by atoms with van der Waals surface area (Å²) in [5.74, 6) is 0.787. The van der Waals surface area contributed by atoms with Gasteiger partial charge in [0.25, 0.3) is 5.69 Å². The monoisotopic (exact) mass is 340 g/mol. The predicted molar refractivity (Wildman–Crippen MR) is 86.5 cm³/mol. The van der Waals surface area contributed by atoms with E-state index in [2.05, 4.69) is 24.7 Å². The maximum Gasteiger partial charge on any atom is 0.287 e. The fourth-order valence-corrected chi connectivity index (χ4v) is 3.18. The molecule has 0 N–H and O–H groups in total. The van der Waals surface area contributed by atoms with E-state index >= 15 is 0 Å². The Bertz CT molecular complexity index is 877. The smallest absolute Gasteiger partial charge is 0.287 e. The number of nitrogens with zero attached hydrogens (tertiary/aromatic N) is 6. The highest BCUT2D eigenvalue weighted by Gasteiger charge is 2.30. The normalized spacial score (nSPS) is 13.8. The van der Waals surface area contributed by atoms with E-state index in [1.165, 1.54) is 24.0 Å². The third-order valence-corrected chi connectivity index (χ3v) is 4.54. The fourth-order valence-electron chi connectivity index (χ4n) is 2.33. The number of aromatic nitrogens is 5. The fraction of sp³-hybridized carbons (Fsp3) is 0.200. The number of pyridine rings is 2. The average Bonchev–Trinajstić information content (AvgIpc) is 3.37. The lowest BCUT2D eigenvalue weighted by molar-refractivity contribution is -0.385. The van der Waals surface area contributed by atoms with E-state index in [-0.39, 0.29) is 5.69 Å². The molecule has 8 nitrogen and oxygen atoms in total. The summed E-state index contributed by atoms with van der Waals surface area (Å²) >= 11 is 1.35. The van der Waals surface area contributed by atoms with Gasteiger partial charge in [-0.1, -0.05) is 0 Å². The molecular formula is C15H12N6O2S. The molecule has 3 heterocycles. The molecule has 0 unspecified atom stereocenters. The lowest BCUT2D eigenvalue weighted by Gasteiger charge is -2.08. The molecule has 4 rings (SSSR count). The summed E-state index contributed by atoms with van der Waals surface area (Å²) in [4.78, 5) is 18.5. The van der Waals surface area contributed by atoms with Gasteiger partial charge in [-0.25, -0.2) is 4.98 Å². The molecule has 0 amide bonds. The molecule has 24 heavy (non-hydrogen) atoms. The van der Waals surface area contributed by atoms with Crippen LogP contribution < -0.4 is 0 Å². The van der Waals surface area contributed by atoms with Crippen molar-refractivity contribution in [1.29, 1.82) is 0 Å². The Morgan fingerprint density at radius 1 is 1.21 bits per heavy atom. The molecule has 120 valence electrons. The van der Waals surface area contributed by atoms with Crippen molar-refractivity contribution in [2.45, 2.75) is 29.1 Å². The Morgan fingerprint density at radius 3 is 2.71 bits per heavy atom. The first-order valence-electron chi connectivity index (χ1n) is 7.36. The van der Waals surface area contributed by atoms with E-state index in [4.69, 9.17) is 0 Å². The van der Waals surface area contributed by atoms with Crippen LogP contribution in [0.4, 0.5) is 5.69 Å². The van der Waals surface area contributed by atoms with Crippen LogP contribution in [0.15, 0.2) is 53.0 Å². The van der Waals surface area contributed by atoms with Crippen LogP contribution in [0.2, 0.25) is 0 Å². The molecular weight excluding hydrogens is 328 g/mol. The maximum absolute atomic E-state index is 10.7. The van der Waals surface area contributed by atoms with Gasteiger partial charge in [0.05, 0.1) is 4.92 Å². The van der Waals surface area contributed by atoms with Crippen LogP contribution >= 0.6 is 11.8 Å². The zero-order valence-electron chi connectivity index (χ0n) is 12.4. The third-order valence-electron chi connectivity index (χ3n) is 3.62. The minimum Gasteiger partial charge on any atom is -0.299 e. The molecule has 9 heteroatoms. The topological polar surface area (TPSA) is 99.6 Å². The molecule has 0 atom stereocenters. The van der Waals surface area contributed by atoms with Crippen LogP contribution in [0.5, 0.6) is 0 Å². The van der Waals surface area contributed by atoms with Gasteiger partial charge in [0.15, 0.2) is 11.0 Å². The van der Waals surface area contributed by atoms with Gasteiger partial charge in [0.1, 0.15) is 11.2 Å². The molecule has 0 saturated heterocycles. The molecule has 1 saturated carbocycles. The zero-order valence-corrected chi connectivity index (χ0v) is 13.3. The Labute approximate surface area is 141 Å². The van der Waals surface area contributed by atoms with Crippen LogP contribution in [0, 0.1) is 10.1 Å². The summed E-state index contributed by atoms with van der Waals surface area (Å²) < 4.78 is 2.10. The Hall–Kier alpha value is -2.81. The second-order valence-electron chi connectivity index (χ2n) is 5.36. The van der Waals surface area contributed by atoms with Crippen molar-refractivity contribution in [3.63, 3.8) is 0 Å². The molecule has 1 aliphatic carbocycles. The van der Waals surface area contributed by atoms with Crippen molar-refractivity contribution < 1.29 is 4.92 Å². The highest BCUT2D eigenvalue weighted by molar-refractivity contribution is 7.99. The number of hydrogen-bond acceptors (Lipinski definition) is 7. The lowest BCUT2D eigenvalue weighted by Crippen LogP contribution is -2.00. The number of hydrogen-bond donors (Lipinski definition) is 0. The van der Waals surface area contributed by atoms with Gasteiger partial charge >= 0.3 is 0 Å². The van der Waals surface area contributed by atoms with Gasteiger partial charge in [-0.05, 0) is 42.8 Å². The Morgan fingerprint density at radius 2 is 2.08 bits per heavy atom. The molecule has 0 bridgehead atoms. The summed E-state index contributed by atoms with van der Waals surface area (Å²) in [5, 5.41) is 20.7. The standard InChI is InChI=1S/C15H12N6O2S/c22-21(23)12-5-6-13(17-9-12)24-15-19-18-14(20(15)11-3-4-11)10-2-1-7-16-8-10/h1-2,5-9,11H,3-4H2. The van der Waals surface area contributed by atoms with Gasteiger partial charge in [0.2, 0.25) is 0 Å². The first-order valence-corrected chi connectivity index (χ1v) is 8.17. The summed E-state index contributed by atoms with van der Waals surface area (Å²) in [6.45, 7) is 0. The quantitative estimate of drug-likeness (QED) is 0.519. The molecule has 3 aromatic heterocycles. The highest BCUT2D eigenvalue weighted by atomic mass is 32.2. The molecule has 1 aliphatic rings. The van der Waals surface area contributed by atoms with Crippen molar-refractivity contribution in [2.75, 3.05) is 0 Å². The van der Waals surface area contributed by atoms with Gasteiger partial charge in [-0.15, -0.1) is 10.2 Å². The number of rotatable bonds is 5. The summed E-state index contributed by atoms with van der Waals surface area (Å²) in [6, 6.07) is 7.27. The van der Waals surface area contributed by atoms with Crippen LogP contribution in [0.3, 0.4) is 0 Å².